The van der Waals surface area contributed by atoms with Gasteiger partial charge >= 0.3 is 6.18 Å². The maximum atomic E-state index is 13.1. The van der Waals surface area contributed by atoms with Crippen molar-refractivity contribution >= 4 is 11.6 Å². The molecular formula is C19H24F3N5O. The highest BCUT2D eigenvalue weighted by molar-refractivity contribution is 5.49. The molecule has 3 heterocycles. The number of hydrogen-bond acceptors (Lipinski definition) is 6. The topological polar surface area (TPSA) is 74.2 Å². The minimum Gasteiger partial charge on any atom is -0.391 e. The van der Waals surface area contributed by atoms with Gasteiger partial charge in [0.1, 0.15) is 11.6 Å². The molecule has 2 N–H and O–H groups in total. The fraction of sp³-hybridized carbons (Fsp3) is 0.526. The van der Waals surface area contributed by atoms with E-state index in [1.807, 2.05) is 11.0 Å². The summed E-state index contributed by atoms with van der Waals surface area (Å²) in [5, 5.41) is 12.9. The van der Waals surface area contributed by atoms with Gasteiger partial charge < -0.3 is 15.3 Å². The lowest BCUT2D eigenvalue weighted by Gasteiger charge is -2.32. The van der Waals surface area contributed by atoms with Gasteiger partial charge in [0.25, 0.3) is 0 Å². The number of anilines is 2. The molecule has 1 saturated heterocycles. The standard InChI is InChI=1S/C19H24F3N5O/c1-12(2)15-9-16(26-18(25-15)19(20,21)22)24-10-13-5-3-7-23-17(13)27-8-4-6-14(28)11-27/h3,5,7,9,12,14,28H,4,6,8,10-11H2,1-2H3,(H,24,25,26). The van der Waals surface area contributed by atoms with E-state index in [0.717, 1.165) is 30.8 Å². The Labute approximate surface area is 161 Å². The molecule has 0 spiro atoms. The van der Waals surface area contributed by atoms with E-state index in [4.69, 9.17) is 0 Å². The van der Waals surface area contributed by atoms with Crippen molar-refractivity contribution in [2.75, 3.05) is 23.3 Å². The number of halogens is 3. The zero-order valence-electron chi connectivity index (χ0n) is 15.9. The van der Waals surface area contributed by atoms with Crippen molar-refractivity contribution in [2.45, 2.75) is 51.4 Å². The molecule has 0 bridgehead atoms. The van der Waals surface area contributed by atoms with Crippen molar-refractivity contribution in [3.63, 3.8) is 0 Å². The van der Waals surface area contributed by atoms with Crippen LogP contribution in [0.15, 0.2) is 24.4 Å². The van der Waals surface area contributed by atoms with Gasteiger partial charge in [-0.3, -0.25) is 0 Å². The van der Waals surface area contributed by atoms with Crippen LogP contribution in [0.5, 0.6) is 0 Å². The quantitative estimate of drug-likeness (QED) is 0.806. The molecule has 6 nitrogen and oxygen atoms in total. The third-order valence-electron chi connectivity index (χ3n) is 4.61. The first kappa shape index (κ1) is 20.3. The van der Waals surface area contributed by atoms with Gasteiger partial charge in [-0.25, -0.2) is 15.0 Å². The fourth-order valence-electron chi connectivity index (χ4n) is 3.16. The number of piperidine rings is 1. The van der Waals surface area contributed by atoms with Crippen molar-refractivity contribution < 1.29 is 18.3 Å². The Kier molecular flexibility index (Phi) is 6.02. The molecule has 0 saturated carbocycles. The molecule has 1 aliphatic rings. The first-order valence-electron chi connectivity index (χ1n) is 9.31. The lowest BCUT2D eigenvalue weighted by molar-refractivity contribution is -0.145. The van der Waals surface area contributed by atoms with E-state index in [2.05, 4.69) is 20.3 Å². The third kappa shape index (κ3) is 4.89. The molecule has 1 aliphatic heterocycles. The monoisotopic (exact) mass is 395 g/mol. The Balaban J connectivity index is 1.82. The summed E-state index contributed by atoms with van der Waals surface area (Å²) in [7, 11) is 0. The Bertz CT molecular complexity index is 812. The smallest absolute Gasteiger partial charge is 0.391 e. The molecule has 1 unspecified atom stereocenters. The fourth-order valence-corrected chi connectivity index (χ4v) is 3.16. The highest BCUT2D eigenvalue weighted by atomic mass is 19.4. The molecule has 0 radical (unpaired) electrons. The van der Waals surface area contributed by atoms with Gasteiger partial charge in [-0.2, -0.15) is 13.2 Å². The zero-order valence-corrected chi connectivity index (χ0v) is 15.9. The molecule has 9 heteroatoms. The Morgan fingerprint density at radius 3 is 2.79 bits per heavy atom. The van der Waals surface area contributed by atoms with Crippen molar-refractivity contribution in [1.82, 2.24) is 15.0 Å². The summed E-state index contributed by atoms with van der Waals surface area (Å²) in [6.45, 7) is 5.11. The number of pyridine rings is 1. The second-order valence-electron chi connectivity index (χ2n) is 7.24. The van der Waals surface area contributed by atoms with Gasteiger partial charge in [0.15, 0.2) is 0 Å². The number of aliphatic hydroxyl groups is 1. The van der Waals surface area contributed by atoms with E-state index in [1.165, 1.54) is 0 Å². The third-order valence-corrected chi connectivity index (χ3v) is 4.61. The van der Waals surface area contributed by atoms with Gasteiger partial charge in [0.2, 0.25) is 5.82 Å². The van der Waals surface area contributed by atoms with Crippen LogP contribution < -0.4 is 10.2 Å². The number of aromatic nitrogens is 3. The van der Waals surface area contributed by atoms with Crippen LogP contribution in [-0.2, 0) is 12.7 Å². The van der Waals surface area contributed by atoms with E-state index in [1.54, 1.807) is 32.2 Å². The summed E-state index contributed by atoms with van der Waals surface area (Å²) in [4.78, 5) is 13.7. The molecule has 0 aromatic carbocycles. The van der Waals surface area contributed by atoms with Gasteiger partial charge in [-0.1, -0.05) is 19.9 Å². The van der Waals surface area contributed by atoms with Crippen LogP contribution in [0.4, 0.5) is 24.8 Å². The number of aliphatic hydroxyl groups excluding tert-OH is 1. The van der Waals surface area contributed by atoms with Gasteiger partial charge in [0.05, 0.1) is 6.10 Å². The maximum absolute atomic E-state index is 13.1. The molecule has 0 amide bonds. The summed E-state index contributed by atoms with van der Waals surface area (Å²) >= 11 is 0. The molecular weight excluding hydrogens is 371 g/mol. The highest BCUT2D eigenvalue weighted by Gasteiger charge is 2.35. The van der Waals surface area contributed by atoms with E-state index < -0.39 is 18.1 Å². The zero-order chi connectivity index (χ0) is 20.3. The summed E-state index contributed by atoms with van der Waals surface area (Å²) in [6, 6.07) is 5.19. The molecule has 0 aliphatic carbocycles. The largest absolute Gasteiger partial charge is 0.451 e. The van der Waals surface area contributed by atoms with Crippen LogP contribution in [0.1, 0.15) is 49.7 Å². The summed E-state index contributed by atoms with van der Waals surface area (Å²) in [6.07, 6.45) is -1.71. The molecule has 1 atom stereocenters. The van der Waals surface area contributed by atoms with Crippen molar-refractivity contribution in [2.24, 2.45) is 0 Å². The van der Waals surface area contributed by atoms with Crippen LogP contribution in [-0.4, -0.2) is 39.3 Å². The molecule has 2 aromatic heterocycles. The van der Waals surface area contributed by atoms with Crippen molar-refractivity contribution in [1.29, 1.82) is 0 Å². The number of nitrogens with zero attached hydrogens (tertiary/aromatic N) is 4. The van der Waals surface area contributed by atoms with E-state index in [0.29, 0.717) is 12.2 Å². The van der Waals surface area contributed by atoms with Gasteiger partial charge in [-0.05, 0) is 24.8 Å². The van der Waals surface area contributed by atoms with Crippen LogP contribution in [0.25, 0.3) is 0 Å². The first-order chi connectivity index (χ1) is 13.2. The predicted octanol–water partition coefficient (Wildman–Crippen LogP) is 3.59. The lowest BCUT2D eigenvalue weighted by Crippen LogP contribution is -2.39. The average Bonchev–Trinajstić information content (AvgIpc) is 2.65. The van der Waals surface area contributed by atoms with E-state index in [-0.39, 0.29) is 18.3 Å². The number of β-amino-alcohol motifs (C(OH)–C–C–N with tert-alkyl or cyclic N) is 1. The maximum Gasteiger partial charge on any atom is 0.451 e. The molecule has 1 fully saturated rings. The second kappa shape index (κ2) is 8.30. The Hall–Kier alpha value is -2.42. The summed E-state index contributed by atoms with van der Waals surface area (Å²) in [5.41, 5.74) is 1.16. The number of hydrogen-bond donors (Lipinski definition) is 2. The highest BCUT2D eigenvalue weighted by Crippen LogP contribution is 2.29. The number of rotatable bonds is 5. The van der Waals surface area contributed by atoms with Crippen LogP contribution in [0, 0.1) is 0 Å². The molecule has 3 rings (SSSR count). The van der Waals surface area contributed by atoms with Gasteiger partial charge in [0, 0.05) is 43.2 Å². The number of alkyl halides is 3. The molecule has 152 valence electrons. The normalized spacial score (nSPS) is 17.8. The molecule has 28 heavy (non-hydrogen) atoms. The average molecular weight is 395 g/mol. The predicted molar refractivity (Wildman–Crippen MR) is 100 cm³/mol. The van der Waals surface area contributed by atoms with Crippen molar-refractivity contribution in [3.05, 3.63) is 41.5 Å². The number of nitrogens with one attached hydrogen (secondary N) is 1. The Morgan fingerprint density at radius 2 is 2.11 bits per heavy atom. The van der Waals surface area contributed by atoms with Crippen LogP contribution >= 0.6 is 0 Å². The second-order valence-corrected chi connectivity index (χ2v) is 7.24. The Morgan fingerprint density at radius 1 is 1.32 bits per heavy atom. The first-order valence-corrected chi connectivity index (χ1v) is 9.31. The molecule has 2 aromatic rings. The van der Waals surface area contributed by atoms with E-state index in [9.17, 15) is 18.3 Å². The van der Waals surface area contributed by atoms with Crippen molar-refractivity contribution in [3.8, 4) is 0 Å². The van der Waals surface area contributed by atoms with Gasteiger partial charge in [-0.15, -0.1) is 0 Å². The van der Waals surface area contributed by atoms with Crippen LogP contribution in [0.2, 0.25) is 0 Å². The van der Waals surface area contributed by atoms with Crippen LogP contribution in [0.3, 0.4) is 0 Å². The minimum absolute atomic E-state index is 0.125. The SMILES string of the molecule is CC(C)c1cc(NCc2cccnc2N2CCCC(O)C2)nc(C(F)(F)F)n1. The lowest BCUT2D eigenvalue weighted by atomic mass is 10.1. The summed E-state index contributed by atoms with van der Waals surface area (Å²) < 4.78 is 39.4. The van der Waals surface area contributed by atoms with E-state index >= 15 is 0 Å². The summed E-state index contributed by atoms with van der Waals surface area (Å²) in [5.74, 6) is -0.456. The minimum atomic E-state index is -4.61.